The van der Waals surface area contributed by atoms with Crippen molar-refractivity contribution in [2.24, 2.45) is 0 Å². The van der Waals surface area contributed by atoms with Crippen molar-refractivity contribution >= 4 is 28.2 Å². The lowest BCUT2D eigenvalue weighted by molar-refractivity contribution is 0.0531. The molecule has 1 aromatic heterocycles. The summed E-state index contributed by atoms with van der Waals surface area (Å²) in [5.74, 6) is 0.418. The molecule has 1 heterocycles. The summed E-state index contributed by atoms with van der Waals surface area (Å²) in [6.07, 6.45) is 0. The number of hydrogen-bond acceptors (Lipinski definition) is 5. The van der Waals surface area contributed by atoms with Gasteiger partial charge in [-0.1, -0.05) is 30.3 Å². The number of aryl methyl sites for hydroxylation is 1. The maximum atomic E-state index is 12.7. The number of rotatable bonds is 6. The third-order valence-corrected chi connectivity index (χ3v) is 4.85. The summed E-state index contributed by atoms with van der Waals surface area (Å²) in [5.41, 5.74) is 1.17. The Balaban J connectivity index is 1.79. The standard InChI is InChI=1S/C21H19NO4S/c1-3-25-21(24)19-14(2)13-18(27-19)22-20(23)16-11-7-8-12-17(16)26-15-9-5-4-6-10-15/h4-13H,3H2,1-2H3,(H,22,23). The molecule has 0 aliphatic carbocycles. The molecule has 0 atom stereocenters. The fraction of sp³-hybridized carbons (Fsp3) is 0.143. The predicted molar refractivity (Wildman–Crippen MR) is 106 cm³/mol. The second kappa shape index (κ2) is 8.51. The molecule has 6 heteroatoms. The number of esters is 1. The van der Waals surface area contributed by atoms with Gasteiger partial charge in [-0.3, -0.25) is 4.79 Å². The number of ether oxygens (including phenoxy) is 2. The van der Waals surface area contributed by atoms with Gasteiger partial charge in [-0.2, -0.15) is 0 Å². The van der Waals surface area contributed by atoms with Crippen molar-refractivity contribution in [3.8, 4) is 11.5 Å². The van der Waals surface area contributed by atoms with Gasteiger partial charge in [-0.05, 0) is 49.7 Å². The zero-order valence-corrected chi connectivity index (χ0v) is 15.8. The Hall–Kier alpha value is -3.12. The largest absolute Gasteiger partial charge is 0.462 e. The highest BCUT2D eigenvalue weighted by Crippen LogP contribution is 2.30. The number of hydrogen-bond donors (Lipinski definition) is 1. The summed E-state index contributed by atoms with van der Waals surface area (Å²) < 4.78 is 10.9. The zero-order valence-electron chi connectivity index (χ0n) is 15.0. The van der Waals surface area contributed by atoms with Gasteiger partial charge in [0.1, 0.15) is 16.4 Å². The van der Waals surface area contributed by atoms with Crippen molar-refractivity contribution in [1.29, 1.82) is 0 Å². The van der Waals surface area contributed by atoms with Crippen LogP contribution in [0.3, 0.4) is 0 Å². The zero-order chi connectivity index (χ0) is 19.2. The van der Waals surface area contributed by atoms with E-state index in [0.29, 0.717) is 33.5 Å². The van der Waals surface area contributed by atoms with E-state index in [0.717, 1.165) is 5.56 Å². The van der Waals surface area contributed by atoms with Gasteiger partial charge >= 0.3 is 5.97 Å². The number of carbonyl (C=O) groups is 2. The van der Waals surface area contributed by atoms with Crippen LogP contribution in [0, 0.1) is 6.92 Å². The molecular weight excluding hydrogens is 362 g/mol. The number of carbonyl (C=O) groups excluding carboxylic acids is 2. The van der Waals surface area contributed by atoms with Crippen molar-refractivity contribution in [3.63, 3.8) is 0 Å². The van der Waals surface area contributed by atoms with Crippen LogP contribution in [0.4, 0.5) is 5.00 Å². The summed E-state index contributed by atoms with van der Waals surface area (Å²) in [5, 5.41) is 3.41. The molecule has 138 valence electrons. The topological polar surface area (TPSA) is 64.6 Å². The van der Waals surface area contributed by atoms with Gasteiger partial charge in [0, 0.05) is 0 Å². The first kappa shape index (κ1) is 18.7. The molecule has 0 unspecified atom stereocenters. The Morgan fingerprint density at radius 2 is 1.74 bits per heavy atom. The minimum atomic E-state index is -0.381. The maximum absolute atomic E-state index is 12.7. The second-order valence-electron chi connectivity index (χ2n) is 5.71. The fourth-order valence-electron chi connectivity index (χ4n) is 2.48. The van der Waals surface area contributed by atoms with E-state index in [-0.39, 0.29) is 11.9 Å². The normalized spacial score (nSPS) is 10.3. The smallest absolute Gasteiger partial charge is 0.348 e. The van der Waals surface area contributed by atoms with Crippen LogP contribution in [0.15, 0.2) is 60.7 Å². The van der Waals surface area contributed by atoms with Crippen LogP contribution in [-0.4, -0.2) is 18.5 Å². The highest BCUT2D eigenvalue weighted by atomic mass is 32.1. The molecule has 0 radical (unpaired) electrons. The average molecular weight is 381 g/mol. The lowest BCUT2D eigenvalue weighted by Crippen LogP contribution is -2.12. The molecule has 5 nitrogen and oxygen atoms in total. The predicted octanol–water partition coefficient (Wildman–Crippen LogP) is 5.28. The minimum Gasteiger partial charge on any atom is -0.462 e. The van der Waals surface area contributed by atoms with Gasteiger partial charge in [-0.25, -0.2) is 4.79 Å². The first-order valence-corrected chi connectivity index (χ1v) is 9.31. The van der Waals surface area contributed by atoms with Gasteiger partial charge < -0.3 is 14.8 Å². The van der Waals surface area contributed by atoms with Gasteiger partial charge in [0.05, 0.1) is 17.2 Å². The number of amides is 1. The Labute approximate surface area is 161 Å². The first-order chi connectivity index (χ1) is 13.1. The van der Waals surface area contributed by atoms with E-state index in [4.69, 9.17) is 9.47 Å². The Kier molecular flexibility index (Phi) is 5.88. The molecule has 3 rings (SSSR count). The molecule has 2 aromatic carbocycles. The molecular formula is C21H19NO4S. The van der Waals surface area contributed by atoms with Crippen molar-refractivity contribution < 1.29 is 19.1 Å². The molecule has 0 saturated heterocycles. The van der Waals surface area contributed by atoms with E-state index in [1.165, 1.54) is 11.3 Å². The quantitative estimate of drug-likeness (QED) is 0.590. The molecule has 0 saturated carbocycles. The number of benzene rings is 2. The SMILES string of the molecule is CCOC(=O)c1sc(NC(=O)c2ccccc2Oc2ccccc2)cc1C. The van der Waals surface area contributed by atoms with Crippen LogP contribution >= 0.6 is 11.3 Å². The van der Waals surface area contributed by atoms with Gasteiger partial charge in [0.15, 0.2) is 0 Å². The second-order valence-corrected chi connectivity index (χ2v) is 6.76. The highest BCUT2D eigenvalue weighted by Gasteiger charge is 2.18. The minimum absolute atomic E-state index is 0.307. The van der Waals surface area contributed by atoms with Crippen LogP contribution in [0.5, 0.6) is 11.5 Å². The molecule has 0 aliphatic heterocycles. The summed E-state index contributed by atoms with van der Waals surface area (Å²) in [7, 11) is 0. The van der Waals surface area contributed by atoms with Gasteiger partial charge in [0.25, 0.3) is 5.91 Å². The van der Waals surface area contributed by atoms with Gasteiger partial charge in [0.2, 0.25) is 0 Å². The summed E-state index contributed by atoms with van der Waals surface area (Å²) in [6.45, 7) is 3.88. The summed E-state index contributed by atoms with van der Waals surface area (Å²) >= 11 is 1.19. The lowest BCUT2D eigenvalue weighted by Gasteiger charge is -2.10. The molecule has 1 amide bonds. The number of thiophene rings is 1. The maximum Gasteiger partial charge on any atom is 0.348 e. The first-order valence-electron chi connectivity index (χ1n) is 8.49. The number of para-hydroxylation sites is 2. The van der Waals surface area contributed by atoms with Crippen LogP contribution in [0.25, 0.3) is 0 Å². The summed E-state index contributed by atoms with van der Waals surface area (Å²) in [6, 6.07) is 18.0. The Bertz CT molecular complexity index is 950. The third kappa shape index (κ3) is 4.54. The Morgan fingerprint density at radius 3 is 2.48 bits per heavy atom. The van der Waals surface area contributed by atoms with Crippen LogP contribution < -0.4 is 10.1 Å². The fourth-order valence-corrected chi connectivity index (χ4v) is 3.44. The van der Waals surface area contributed by atoms with E-state index in [1.54, 1.807) is 31.2 Å². The van der Waals surface area contributed by atoms with Crippen LogP contribution in [0.2, 0.25) is 0 Å². The van der Waals surface area contributed by atoms with Crippen molar-refractivity contribution in [2.75, 3.05) is 11.9 Å². The van der Waals surface area contributed by atoms with E-state index >= 15 is 0 Å². The molecule has 27 heavy (non-hydrogen) atoms. The van der Waals surface area contributed by atoms with Crippen LogP contribution in [0.1, 0.15) is 32.5 Å². The van der Waals surface area contributed by atoms with Gasteiger partial charge in [-0.15, -0.1) is 11.3 Å². The molecule has 0 aliphatic rings. The monoisotopic (exact) mass is 381 g/mol. The summed E-state index contributed by atoms with van der Waals surface area (Å²) in [4.78, 5) is 25.2. The number of nitrogens with one attached hydrogen (secondary N) is 1. The van der Waals surface area contributed by atoms with Crippen molar-refractivity contribution in [1.82, 2.24) is 0 Å². The lowest BCUT2D eigenvalue weighted by atomic mass is 10.2. The molecule has 1 N–H and O–H groups in total. The third-order valence-electron chi connectivity index (χ3n) is 3.72. The van der Waals surface area contributed by atoms with Crippen LogP contribution in [-0.2, 0) is 4.74 Å². The van der Waals surface area contributed by atoms with E-state index in [2.05, 4.69) is 5.32 Å². The number of anilines is 1. The van der Waals surface area contributed by atoms with E-state index < -0.39 is 0 Å². The molecule has 0 spiro atoms. The molecule has 3 aromatic rings. The van der Waals surface area contributed by atoms with Crippen molar-refractivity contribution in [3.05, 3.63) is 76.7 Å². The molecule has 0 bridgehead atoms. The average Bonchev–Trinajstić information content (AvgIpc) is 3.03. The van der Waals surface area contributed by atoms with Crippen molar-refractivity contribution in [2.45, 2.75) is 13.8 Å². The Morgan fingerprint density at radius 1 is 1.04 bits per heavy atom. The van der Waals surface area contributed by atoms with E-state index in [9.17, 15) is 9.59 Å². The van der Waals surface area contributed by atoms with E-state index in [1.807, 2.05) is 43.3 Å². The molecule has 0 fully saturated rings. The highest BCUT2D eigenvalue weighted by molar-refractivity contribution is 7.18.